The molecule has 0 spiro atoms. The smallest absolute Gasteiger partial charge is 0.417 e. The molecule has 1 atom stereocenters. The Morgan fingerprint density at radius 2 is 1.91 bits per heavy atom. The first-order chi connectivity index (χ1) is 15.0. The van der Waals surface area contributed by atoms with E-state index >= 15 is 0 Å². The van der Waals surface area contributed by atoms with Crippen LogP contribution in [0.25, 0.3) is 0 Å². The van der Waals surface area contributed by atoms with Crippen LogP contribution in [0, 0.1) is 5.41 Å². The molecule has 0 saturated heterocycles. The van der Waals surface area contributed by atoms with E-state index in [9.17, 15) is 22.8 Å². The predicted octanol–water partition coefficient (Wildman–Crippen LogP) is 5.94. The zero-order valence-corrected chi connectivity index (χ0v) is 19.3. The van der Waals surface area contributed by atoms with Gasteiger partial charge in [-0.25, -0.2) is 9.80 Å². The Bertz CT molecular complexity index is 1080. The number of amides is 2. The minimum absolute atomic E-state index is 0.114. The summed E-state index contributed by atoms with van der Waals surface area (Å²) in [6.07, 6.45) is -4.53. The van der Waals surface area contributed by atoms with Gasteiger partial charge in [-0.3, -0.25) is 4.79 Å². The molecule has 0 saturated carbocycles. The SMILES string of the molecule is CCOC(=O)C1(C)CN(C(=O)Nc2ccc(C(F)(F)F)c(Br)c2)N=C1c1ccc(Cl)cc1. The molecule has 11 heteroatoms. The number of nitrogens with one attached hydrogen (secondary N) is 1. The van der Waals surface area contributed by atoms with E-state index < -0.39 is 29.2 Å². The minimum atomic E-state index is -4.53. The van der Waals surface area contributed by atoms with Crippen LogP contribution in [0.1, 0.15) is 25.0 Å². The Balaban J connectivity index is 1.89. The molecule has 0 fully saturated rings. The lowest BCUT2D eigenvalue weighted by atomic mass is 9.82. The van der Waals surface area contributed by atoms with Crippen molar-refractivity contribution in [3.8, 4) is 0 Å². The Morgan fingerprint density at radius 3 is 2.47 bits per heavy atom. The number of anilines is 1. The van der Waals surface area contributed by atoms with Crippen LogP contribution in [0.15, 0.2) is 52.0 Å². The van der Waals surface area contributed by atoms with Crippen LogP contribution < -0.4 is 5.32 Å². The number of urea groups is 1. The van der Waals surface area contributed by atoms with Gasteiger partial charge in [0.05, 0.1) is 24.4 Å². The van der Waals surface area contributed by atoms with E-state index in [4.69, 9.17) is 16.3 Å². The van der Waals surface area contributed by atoms with Crippen molar-refractivity contribution < 1.29 is 27.5 Å². The summed E-state index contributed by atoms with van der Waals surface area (Å²) in [6, 6.07) is 9.03. The number of ether oxygens (including phenoxy) is 1. The largest absolute Gasteiger partial charge is 0.465 e. The molecule has 6 nitrogen and oxygen atoms in total. The van der Waals surface area contributed by atoms with Gasteiger partial charge in [-0.15, -0.1) is 0 Å². The highest BCUT2D eigenvalue weighted by Crippen LogP contribution is 2.37. The van der Waals surface area contributed by atoms with E-state index in [1.807, 2.05) is 0 Å². The van der Waals surface area contributed by atoms with Crippen LogP contribution in [-0.2, 0) is 15.7 Å². The average molecular weight is 533 g/mol. The van der Waals surface area contributed by atoms with Crippen molar-refractivity contribution in [2.45, 2.75) is 20.0 Å². The van der Waals surface area contributed by atoms with Crippen molar-refractivity contribution >= 4 is 50.9 Å². The van der Waals surface area contributed by atoms with E-state index in [0.717, 1.165) is 23.2 Å². The lowest BCUT2D eigenvalue weighted by Gasteiger charge is -2.24. The zero-order valence-electron chi connectivity index (χ0n) is 17.0. The molecule has 32 heavy (non-hydrogen) atoms. The topological polar surface area (TPSA) is 71.0 Å². The number of hydrogen-bond donors (Lipinski definition) is 1. The molecule has 3 rings (SSSR count). The fourth-order valence-corrected chi connectivity index (χ4v) is 3.93. The Hall–Kier alpha value is -2.59. The van der Waals surface area contributed by atoms with E-state index in [0.29, 0.717) is 16.3 Å². The molecule has 0 aliphatic carbocycles. The zero-order chi connectivity index (χ0) is 23.7. The molecule has 2 amide bonds. The third-order valence-corrected chi connectivity index (χ3v) is 5.72. The average Bonchev–Trinajstić information content (AvgIpc) is 3.07. The summed E-state index contributed by atoms with van der Waals surface area (Å²) in [7, 11) is 0. The molecule has 2 aromatic rings. The number of rotatable bonds is 4. The fraction of sp³-hybridized carbons (Fsp3) is 0.286. The molecule has 1 unspecified atom stereocenters. The summed E-state index contributed by atoms with van der Waals surface area (Å²) >= 11 is 8.82. The van der Waals surface area contributed by atoms with E-state index in [1.54, 1.807) is 38.1 Å². The standard InChI is InChI=1S/C21H18BrClF3N3O3/c1-3-32-18(30)20(2)11-29(28-17(20)12-4-6-13(23)7-5-12)19(31)27-14-8-9-15(16(22)10-14)21(24,25)26/h4-10H,3,11H2,1-2H3,(H,27,31). The molecule has 2 aromatic carbocycles. The van der Waals surface area contributed by atoms with Crippen LogP contribution in [0.2, 0.25) is 5.02 Å². The van der Waals surface area contributed by atoms with Gasteiger partial charge in [0.1, 0.15) is 5.41 Å². The highest BCUT2D eigenvalue weighted by Gasteiger charge is 2.48. The first-order valence-corrected chi connectivity index (χ1v) is 10.6. The van der Waals surface area contributed by atoms with Crippen molar-refractivity contribution in [2.24, 2.45) is 10.5 Å². The van der Waals surface area contributed by atoms with Crippen molar-refractivity contribution in [3.63, 3.8) is 0 Å². The summed E-state index contributed by atoms with van der Waals surface area (Å²) in [5, 5.41) is 8.37. The maximum Gasteiger partial charge on any atom is 0.417 e. The molecule has 1 heterocycles. The molecule has 1 aliphatic heterocycles. The van der Waals surface area contributed by atoms with Crippen molar-refractivity contribution in [3.05, 3.63) is 63.1 Å². The van der Waals surface area contributed by atoms with Crippen molar-refractivity contribution in [1.29, 1.82) is 0 Å². The Kier molecular flexibility index (Phi) is 6.85. The summed E-state index contributed by atoms with van der Waals surface area (Å²) in [6.45, 7) is 3.31. The van der Waals surface area contributed by atoms with E-state index in [1.165, 1.54) is 0 Å². The van der Waals surface area contributed by atoms with Gasteiger partial charge in [-0.2, -0.15) is 18.3 Å². The number of esters is 1. The summed E-state index contributed by atoms with van der Waals surface area (Å²) < 4.78 is 43.8. The second-order valence-corrected chi connectivity index (χ2v) is 8.48. The van der Waals surface area contributed by atoms with Gasteiger partial charge < -0.3 is 10.1 Å². The van der Waals surface area contributed by atoms with Gasteiger partial charge >= 0.3 is 18.2 Å². The quantitative estimate of drug-likeness (QED) is 0.495. The summed E-state index contributed by atoms with van der Waals surface area (Å²) in [5.74, 6) is -0.554. The maximum atomic E-state index is 12.9. The normalized spacial score (nSPS) is 18.3. The molecule has 0 bridgehead atoms. The molecular formula is C21H18BrClF3N3O3. The van der Waals surface area contributed by atoms with Crippen LogP contribution in [-0.4, -0.2) is 35.9 Å². The van der Waals surface area contributed by atoms with E-state index in [2.05, 4.69) is 26.3 Å². The number of benzene rings is 2. The Morgan fingerprint density at radius 1 is 1.25 bits per heavy atom. The van der Waals surface area contributed by atoms with Gasteiger partial charge in [-0.05, 0) is 49.7 Å². The lowest BCUT2D eigenvalue weighted by Crippen LogP contribution is -2.42. The highest BCUT2D eigenvalue weighted by atomic mass is 79.9. The summed E-state index contributed by atoms with van der Waals surface area (Å²) in [4.78, 5) is 25.5. The number of halogens is 5. The lowest BCUT2D eigenvalue weighted by molar-refractivity contribution is -0.150. The molecule has 0 aromatic heterocycles. The fourth-order valence-electron chi connectivity index (χ4n) is 3.20. The van der Waals surface area contributed by atoms with Crippen molar-refractivity contribution in [2.75, 3.05) is 18.5 Å². The molecule has 1 aliphatic rings. The predicted molar refractivity (Wildman–Crippen MR) is 118 cm³/mol. The van der Waals surface area contributed by atoms with Gasteiger partial charge in [-0.1, -0.05) is 39.7 Å². The molecule has 170 valence electrons. The third-order valence-electron chi connectivity index (χ3n) is 4.81. The first kappa shape index (κ1) is 24.1. The number of nitrogens with zero attached hydrogens (tertiary/aromatic N) is 2. The van der Waals surface area contributed by atoms with Gasteiger partial charge in [0.2, 0.25) is 0 Å². The minimum Gasteiger partial charge on any atom is -0.465 e. The van der Waals surface area contributed by atoms with Gasteiger partial charge in [0, 0.05) is 15.2 Å². The number of carbonyl (C=O) groups is 2. The molecular weight excluding hydrogens is 515 g/mol. The van der Waals surface area contributed by atoms with Gasteiger partial charge in [0.25, 0.3) is 0 Å². The molecule has 0 radical (unpaired) electrons. The third kappa shape index (κ3) is 4.91. The van der Waals surface area contributed by atoms with Crippen LogP contribution in [0.3, 0.4) is 0 Å². The molecule has 1 N–H and O–H groups in total. The van der Waals surface area contributed by atoms with Crippen LogP contribution >= 0.6 is 27.5 Å². The number of alkyl halides is 3. The number of hydrogen-bond acceptors (Lipinski definition) is 4. The van der Waals surface area contributed by atoms with Crippen LogP contribution in [0.5, 0.6) is 0 Å². The maximum absolute atomic E-state index is 12.9. The van der Waals surface area contributed by atoms with Crippen molar-refractivity contribution in [1.82, 2.24) is 5.01 Å². The summed E-state index contributed by atoms with van der Waals surface area (Å²) in [5.41, 5.74) is -1.09. The van der Waals surface area contributed by atoms with E-state index in [-0.39, 0.29) is 23.3 Å². The van der Waals surface area contributed by atoms with Crippen LogP contribution in [0.4, 0.5) is 23.7 Å². The second-order valence-electron chi connectivity index (χ2n) is 7.19. The number of carbonyl (C=O) groups excluding carboxylic acids is 2. The first-order valence-electron chi connectivity index (χ1n) is 9.43. The monoisotopic (exact) mass is 531 g/mol. The van der Waals surface area contributed by atoms with Gasteiger partial charge in [0.15, 0.2) is 0 Å². The second kappa shape index (κ2) is 9.11. The Labute approximate surface area is 195 Å². The highest BCUT2D eigenvalue weighted by molar-refractivity contribution is 9.10. The number of hydrazone groups is 1.